The standard InChI is InChI=1S/C16H28N2O3/c1-12(11-19)5-4-8-17-16(21)13-9-15(20)18(10-13)14-6-2-3-7-14/h12-14,19H,2-11H2,1H3,(H,17,21). The van der Waals surface area contributed by atoms with Crippen LogP contribution in [0, 0.1) is 11.8 Å². The van der Waals surface area contributed by atoms with Gasteiger partial charge in [-0.15, -0.1) is 0 Å². The van der Waals surface area contributed by atoms with Gasteiger partial charge in [0, 0.05) is 32.2 Å². The van der Waals surface area contributed by atoms with Crippen LogP contribution in [0.4, 0.5) is 0 Å². The molecule has 120 valence electrons. The number of hydrogen-bond donors (Lipinski definition) is 2. The van der Waals surface area contributed by atoms with Gasteiger partial charge >= 0.3 is 0 Å². The second-order valence-electron chi connectivity index (χ2n) is 6.61. The molecule has 1 aliphatic heterocycles. The second kappa shape index (κ2) is 7.78. The van der Waals surface area contributed by atoms with Gasteiger partial charge in [-0.1, -0.05) is 19.8 Å². The Labute approximate surface area is 127 Å². The van der Waals surface area contributed by atoms with Crippen LogP contribution in [0.2, 0.25) is 0 Å². The predicted molar refractivity (Wildman–Crippen MR) is 80.6 cm³/mol. The van der Waals surface area contributed by atoms with Crippen molar-refractivity contribution in [3.8, 4) is 0 Å². The smallest absolute Gasteiger partial charge is 0.225 e. The van der Waals surface area contributed by atoms with Gasteiger partial charge in [0.1, 0.15) is 0 Å². The third-order valence-electron chi connectivity index (χ3n) is 4.78. The third-order valence-corrected chi connectivity index (χ3v) is 4.78. The maximum absolute atomic E-state index is 12.1. The molecule has 2 rings (SSSR count). The molecule has 0 bridgehead atoms. The average Bonchev–Trinajstić information content (AvgIpc) is 3.11. The van der Waals surface area contributed by atoms with Crippen molar-refractivity contribution < 1.29 is 14.7 Å². The van der Waals surface area contributed by atoms with E-state index in [1.807, 2.05) is 11.8 Å². The van der Waals surface area contributed by atoms with E-state index in [4.69, 9.17) is 5.11 Å². The minimum absolute atomic E-state index is 0.0144. The van der Waals surface area contributed by atoms with Crippen LogP contribution in [-0.4, -0.2) is 47.6 Å². The topological polar surface area (TPSA) is 69.6 Å². The largest absolute Gasteiger partial charge is 0.396 e. The molecule has 0 radical (unpaired) electrons. The summed E-state index contributed by atoms with van der Waals surface area (Å²) >= 11 is 0. The Kier molecular flexibility index (Phi) is 6.03. The zero-order valence-electron chi connectivity index (χ0n) is 13.0. The molecule has 0 aromatic heterocycles. The van der Waals surface area contributed by atoms with Crippen LogP contribution < -0.4 is 5.32 Å². The lowest BCUT2D eigenvalue weighted by Gasteiger charge is -2.23. The molecule has 0 spiro atoms. The number of aliphatic hydroxyl groups is 1. The van der Waals surface area contributed by atoms with Gasteiger partial charge in [0.05, 0.1) is 5.92 Å². The Morgan fingerprint density at radius 3 is 2.81 bits per heavy atom. The number of nitrogens with zero attached hydrogens (tertiary/aromatic N) is 1. The SMILES string of the molecule is CC(CO)CCCNC(=O)C1CC(=O)N(C2CCCC2)C1. The van der Waals surface area contributed by atoms with Gasteiger partial charge in [-0.2, -0.15) is 0 Å². The first-order chi connectivity index (χ1) is 10.1. The molecule has 2 fully saturated rings. The highest BCUT2D eigenvalue weighted by atomic mass is 16.3. The quantitative estimate of drug-likeness (QED) is 0.696. The summed E-state index contributed by atoms with van der Waals surface area (Å²) in [5, 5.41) is 11.9. The minimum Gasteiger partial charge on any atom is -0.396 e. The summed E-state index contributed by atoms with van der Waals surface area (Å²) in [6.07, 6.45) is 6.76. The fraction of sp³-hybridized carbons (Fsp3) is 0.875. The molecule has 2 amide bonds. The van der Waals surface area contributed by atoms with E-state index in [0.29, 0.717) is 25.6 Å². The first-order valence-electron chi connectivity index (χ1n) is 8.30. The number of aliphatic hydroxyl groups excluding tert-OH is 1. The van der Waals surface area contributed by atoms with Gasteiger partial charge in [0.25, 0.3) is 0 Å². The number of amides is 2. The molecule has 2 N–H and O–H groups in total. The van der Waals surface area contributed by atoms with Gasteiger partial charge in [0.2, 0.25) is 11.8 Å². The highest BCUT2D eigenvalue weighted by molar-refractivity contribution is 5.89. The fourth-order valence-electron chi connectivity index (χ4n) is 3.37. The molecule has 1 saturated heterocycles. The Balaban J connectivity index is 1.70. The summed E-state index contributed by atoms with van der Waals surface area (Å²) in [7, 11) is 0. The highest BCUT2D eigenvalue weighted by Gasteiger charge is 2.38. The lowest BCUT2D eigenvalue weighted by Crippen LogP contribution is -2.37. The van der Waals surface area contributed by atoms with Crippen LogP contribution in [0.15, 0.2) is 0 Å². The first-order valence-corrected chi connectivity index (χ1v) is 8.30. The maximum Gasteiger partial charge on any atom is 0.225 e. The summed E-state index contributed by atoms with van der Waals surface area (Å²) in [5.41, 5.74) is 0. The Morgan fingerprint density at radius 2 is 2.14 bits per heavy atom. The number of rotatable bonds is 7. The minimum atomic E-state index is -0.173. The van der Waals surface area contributed by atoms with Crippen molar-refractivity contribution in [3.63, 3.8) is 0 Å². The van der Waals surface area contributed by atoms with E-state index in [0.717, 1.165) is 25.7 Å². The average molecular weight is 296 g/mol. The molecule has 1 heterocycles. The number of nitrogens with one attached hydrogen (secondary N) is 1. The van der Waals surface area contributed by atoms with E-state index in [1.165, 1.54) is 12.8 Å². The molecule has 1 aliphatic carbocycles. The molecular weight excluding hydrogens is 268 g/mol. The molecule has 2 aliphatic rings. The summed E-state index contributed by atoms with van der Waals surface area (Å²) in [6, 6.07) is 0.376. The fourth-order valence-corrected chi connectivity index (χ4v) is 3.37. The van der Waals surface area contributed by atoms with Crippen LogP contribution in [0.3, 0.4) is 0 Å². The van der Waals surface area contributed by atoms with Crippen LogP contribution in [0.5, 0.6) is 0 Å². The van der Waals surface area contributed by atoms with Gasteiger partial charge < -0.3 is 15.3 Å². The predicted octanol–water partition coefficient (Wildman–Crippen LogP) is 1.30. The molecular formula is C16H28N2O3. The summed E-state index contributed by atoms with van der Waals surface area (Å²) < 4.78 is 0. The summed E-state index contributed by atoms with van der Waals surface area (Å²) in [4.78, 5) is 26.1. The highest BCUT2D eigenvalue weighted by Crippen LogP contribution is 2.29. The van der Waals surface area contributed by atoms with E-state index in [-0.39, 0.29) is 30.3 Å². The number of carbonyl (C=O) groups is 2. The van der Waals surface area contributed by atoms with Crippen molar-refractivity contribution in [1.29, 1.82) is 0 Å². The Morgan fingerprint density at radius 1 is 1.43 bits per heavy atom. The molecule has 2 unspecified atom stereocenters. The van der Waals surface area contributed by atoms with Crippen LogP contribution in [0.25, 0.3) is 0 Å². The zero-order chi connectivity index (χ0) is 15.2. The van der Waals surface area contributed by atoms with Crippen LogP contribution in [-0.2, 0) is 9.59 Å². The molecule has 1 saturated carbocycles. The number of hydrogen-bond acceptors (Lipinski definition) is 3. The van der Waals surface area contributed by atoms with Crippen molar-refractivity contribution in [2.75, 3.05) is 19.7 Å². The number of carbonyl (C=O) groups excluding carboxylic acids is 2. The second-order valence-corrected chi connectivity index (χ2v) is 6.61. The molecule has 2 atom stereocenters. The van der Waals surface area contributed by atoms with Crippen molar-refractivity contribution in [1.82, 2.24) is 10.2 Å². The third kappa shape index (κ3) is 4.43. The molecule has 5 heteroatoms. The van der Waals surface area contributed by atoms with E-state index in [2.05, 4.69) is 5.32 Å². The molecule has 0 aromatic carbocycles. The summed E-state index contributed by atoms with van der Waals surface area (Å²) in [5.74, 6) is 0.276. The zero-order valence-corrected chi connectivity index (χ0v) is 13.0. The summed E-state index contributed by atoms with van der Waals surface area (Å²) in [6.45, 7) is 3.43. The van der Waals surface area contributed by atoms with Gasteiger partial charge in [0.15, 0.2) is 0 Å². The van der Waals surface area contributed by atoms with E-state index in [9.17, 15) is 9.59 Å². The van der Waals surface area contributed by atoms with Crippen molar-refractivity contribution >= 4 is 11.8 Å². The molecule has 21 heavy (non-hydrogen) atoms. The lowest BCUT2D eigenvalue weighted by molar-refractivity contribution is -0.130. The van der Waals surface area contributed by atoms with E-state index >= 15 is 0 Å². The molecule has 5 nitrogen and oxygen atoms in total. The Hall–Kier alpha value is -1.10. The first kappa shape index (κ1) is 16.3. The van der Waals surface area contributed by atoms with Gasteiger partial charge in [-0.3, -0.25) is 9.59 Å². The van der Waals surface area contributed by atoms with Crippen molar-refractivity contribution in [2.24, 2.45) is 11.8 Å². The van der Waals surface area contributed by atoms with Crippen molar-refractivity contribution in [2.45, 2.75) is 57.9 Å². The normalized spacial score (nSPS) is 24.6. The van der Waals surface area contributed by atoms with Crippen LogP contribution in [0.1, 0.15) is 51.9 Å². The number of likely N-dealkylation sites (tertiary alicyclic amines) is 1. The van der Waals surface area contributed by atoms with Crippen molar-refractivity contribution in [3.05, 3.63) is 0 Å². The van der Waals surface area contributed by atoms with Crippen LogP contribution >= 0.6 is 0 Å². The van der Waals surface area contributed by atoms with Gasteiger partial charge in [-0.25, -0.2) is 0 Å². The Bertz CT molecular complexity index is 367. The van der Waals surface area contributed by atoms with Gasteiger partial charge in [-0.05, 0) is 31.6 Å². The monoisotopic (exact) mass is 296 g/mol. The maximum atomic E-state index is 12.1. The van der Waals surface area contributed by atoms with E-state index < -0.39 is 0 Å². The van der Waals surface area contributed by atoms with E-state index in [1.54, 1.807) is 0 Å². The molecule has 0 aromatic rings. The lowest BCUT2D eigenvalue weighted by atomic mass is 10.1.